The van der Waals surface area contributed by atoms with Crippen LogP contribution in [-0.2, 0) is 6.54 Å². The van der Waals surface area contributed by atoms with Gasteiger partial charge in [-0.05, 0) is 38.1 Å². The Labute approximate surface area is 164 Å². The minimum Gasteiger partial charge on any atom is -0.493 e. The highest BCUT2D eigenvalue weighted by Crippen LogP contribution is 2.38. The van der Waals surface area contributed by atoms with Gasteiger partial charge >= 0.3 is 0 Å². The Morgan fingerprint density at radius 2 is 1.25 bits per heavy atom. The van der Waals surface area contributed by atoms with E-state index in [1.807, 2.05) is 0 Å². The Hall–Kier alpha value is -3.22. The SMILES string of the molecule is COc1cc(C(C)=O)cc(CNc2cc(C(C)=O)cc(OC)c2OC)c1OC. The second-order valence-corrected chi connectivity index (χ2v) is 6.10. The summed E-state index contributed by atoms with van der Waals surface area (Å²) in [5, 5.41) is 3.24. The quantitative estimate of drug-likeness (QED) is 0.656. The van der Waals surface area contributed by atoms with E-state index in [2.05, 4.69) is 5.32 Å². The van der Waals surface area contributed by atoms with Crippen LogP contribution in [0.5, 0.6) is 23.0 Å². The topological polar surface area (TPSA) is 83.1 Å². The van der Waals surface area contributed by atoms with Crippen LogP contribution in [0.2, 0.25) is 0 Å². The van der Waals surface area contributed by atoms with Crippen molar-refractivity contribution in [1.82, 2.24) is 0 Å². The van der Waals surface area contributed by atoms with Crippen LogP contribution in [0.4, 0.5) is 5.69 Å². The van der Waals surface area contributed by atoms with Crippen LogP contribution < -0.4 is 24.3 Å². The van der Waals surface area contributed by atoms with Gasteiger partial charge in [-0.2, -0.15) is 0 Å². The van der Waals surface area contributed by atoms with E-state index in [0.29, 0.717) is 46.4 Å². The molecule has 0 aliphatic rings. The van der Waals surface area contributed by atoms with Crippen LogP contribution in [-0.4, -0.2) is 40.0 Å². The summed E-state index contributed by atoms with van der Waals surface area (Å²) in [5.41, 5.74) is 2.31. The lowest BCUT2D eigenvalue weighted by Crippen LogP contribution is -2.08. The first-order chi connectivity index (χ1) is 13.4. The van der Waals surface area contributed by atoms with Crippen LogP contribution in [0.1, 0.15) is 40.1 Å². The summed E-state index contributed by atoms with van der Waals surface area (Å²) in [6, 6.07) is 6.72. The average Bonchev–Trinajstić information content (AvgIpc) is 2.70. The summed E-state index contributed by atoms with van der Waals surface area (Å²) in [7, 11) is 6.09. The molecule has 0 bridgehead atoms. The standard InChI is InChI=1S/C21H25NO6/c1-12(23)14-7-16(20(27-5)18(9-14)25-3)11-22-17-8-15(13(2)24)10-19(26-4)21(17)28-6/h7-10,22H,11H2,1-6H3. The lowest BCUT2D eigenvalue weighted by molar-refractivity contribution is 0.100. The number of ketones is 2. The molecule has 0 fully saturated rings. The number of rotatable bonds is 9. The maximum absolute atomic E-state index is 11.9. The lowest BCUT2D eigenvalue weighted by atomic mass is 10.0. The van der Waals surface area contributed by atoms with Gasteiger partial charge < -0.3 is 24.3 Å². The minimum absolute atomic E-state index is 0.0833. The van der Waals surface area contributed by atoms with Gasteiger partial charge in [-0.25, -0.2) is 0 Å². The van der Waals surface area contributed by atoms with Gasteiger partial charge in [0.05, 0.1) is 34.1 Å². The Kier molecular flexibility index (Phi) is 6.87. The van der Waals surface area contributed by atoms with E-state index in [-0.39, 0.29) is 11.6 Å². The smallest absolute Gasteiger partial charge is 0.184 e. The number of nitrogens with one attached hydrogen (secondary N) is 1. The third-order valence-electron chi connectivity index (χ3n) is 4.32. The number of benzene rings is 2. The van der Waals surface area contributed by atoms with Crippen LogP contribution in [0.15, 0.2) is 24.3 Å². The fraction of sp³-hybridized carbons (Fsp3) is 0.333. The molecule has 2 rings (SSSR count). The minimum atomic E-state index is -0.0955. The molecule has 7 nitrogen and oxygen atoms in total. The average molecular weight is 387 g/mol. The zero-order valence-corrected chi connectivity index (χ0v) is 17.0. The first-order valence-electron chi connectivity index (χ1n) is 8.62. The Morgan fingerprint density at radius 1 is 0.750 bits per heavy atom. The van der Waals surface area contributed by atoms with Crippen molar-refractivity contribution in [3.8, 4) is 23.0 Å². The Balaban J connectivity index is 2.48. The molecule has 150 valence electrons. The molecule has 0 radical (unpaired) electrons. The lowest BCUT2D eigenvalue weighted by Gasteiger charge is -2.18. The molecule has 7 heteroatoms. The molecule has 0 unspecified atom stereocenters. The van der Waals surface area contributed by atoms with Crippen molar-refractivity contribution in [3.63, 3.8) is 0 Å². The molecule has 0 saturated heterocycles. The van der Waals surface area contributed by atoms with Crippen molar-refractivity contribution >= 4 is 17.3 Å². The second kappa shape index (κ2) is 9.12. The molecule has 0 aliphatic heterocycles. The largest absolute Gasteiger partial charge is 0.493 e. The van der Waals surface area contributed by atoms with Gasteiger partial charge in [0.25, 0.3) is 0 Å². The van der Waals surface area contributed by atoms with Gasteiger partial charge in [-0.3, -0.25) is 9.59 Å². The first-order valence-corrected chi connectivity index (χ1v) is 8.62. The van der Waals surface area contributed by atoms with Crippen LogP contribution in [0.25, 0.3) is 0 Å². The number of anilines is 1. The summed E-state index contributed by atoms with van der Waals surface area (Å²) in [4.78, 5) is 23.7. The predicted octanol–water partition coefficient (Wildman–Crippen LogP) is 3.74. The molecular formula is C21H25NO6. The molecule has 2 aromatic carbocycles. The van der Waals surface area contributed by atoms with Crippen molar-refractivity contribution in [2.45, 2.75) is 20.4 Å². The molecule has 0 spiro atoms. The normalized spacial score (nSPS) is 10.2. The molecule has 0 aromatic heterocycles. The molecule has 0 saturated carbocycles. The highest BCUT2D eigenvalue weighted by molar-refractivity contribution is 5.96. The van der Waals surface area contributed by atoms with E-state index >= 15 is 0 Å². The van der Waals surface area contributed by atoms with E-state index in [4.69, 9.17) is 18.9 Å². The highest BCUT2D eigenvalue weighted by Gasteiger charge is 2.17. The summed E-state index contributed by atoms with van der Waals surface area (Å²) in [5.74, 6) is 1.73. The van der Waals surface area contributed by atoms with Gasteiger partial charge in [0, 0.05) is 23.2 Å². The van der Waals surface area contributed by atoms with Crippen molar-refractivity contribution in [3.05, 3.63) is 41.0 Å². The summed E-state index contributed by atoms with van der Waals surface area (Å²) < 4.78 is 21.6. The first kappa shape index (κ1) is 21.1. The summed E-state index contributed by atoms with van der Waals surface area (Å²) >= 11 is 0. The van der Waals surface area contributed by atoms with Gasteiger partial charge in [-0.15, -0.1) is 0 Å². The number of Topliss-reactive ketones (excluding diaryl/α,β-unsaturated/α-hetero) is 2. The molecule has 2 aromatic rings. The van der Waals surface area contributed by atoms with E-state index in [0.717, 1.165) is 5.56 Å². The number of carbonyl (C=O) groups excluding carboxylic acids is 2. The molecule has 1 N–H and O–H groups in total. The van der Waals surface area contributed by atoms with Crippen molar-refractivity contribution < 1.29 is 28.5 Å². The molecular weight excluding hydrogens is 362 g/mol. The van der Waals surface area contributed by atoms with Crippen LogP contribution in [0.3, 0.4) is 0 Å². The van der Waals surface area contributed by atoms with Crippen molar-refractivity contribution in [2.24, 2.45) is 0 Å². The van der Waals surface area contributed by atoms with Crippen molar-refractivity contribution in [1.29, 1.82) is 0 Å². The second-order valence-electron chi connectivity index (χ2n) is 6.10. The summed E-state index contributed by atoms with van der Waals surface area (Å²) in [6.45, 7) is 3.28. The number of hydrogen-bond acceptors (Lipinski definition) is 7. The predicted molar refractivity (Wildman–Crippen MR) is 106 cm³/mol. The van der Waals surface area contributed by atoms with Gasteiger partial charge in [0.15, 0.2) is 34.6 Å². The van der Waals surface area contributed by atoms with Crippen LogP contribution in [0, 0.1) is 0 Å². The fourth-order valence-electron chi connectivity index (χ4n) is 2.87. The third-order valence-corrected chi connectivity index (χ3v) is 4.32. The monoisotopic (exact) mass is 387 g/mol. The highest BCUT2D eigenvalue weighted by atomic mass is 16.5. The van der Waals surface area contributed by atoms with E-state index in [1.165, 1.54) is 42.3 Å². The van der Waals surface area contributed by atoms with E-state index in [1.54, 1.807) is 24.3 Å². The molecule has 0 atom stereocenters. The number of ether oxygens (including phenoxy) is 4. The number of hydrogen-bond donors (Lipinski definition) is 1. The fourth-order valence-corrected chi connectivity index (χ4v) is 2.87. The Morgan fingerprint density at radius 3 is 1.71 bits per heavy atom. The van der Waals surface area contributed by atoms with Gasteiger partial charge in [-0.1, -0.05) is 0 Å². The third kappa shape index (κ3) is 4.36. The van der Waals surface area contributed by atoms with E-state index < -0.39 is 0 Å². The zero-order chi connectivity index (χ0) is 20.8. The number of methoxy groups -OCH3 is 4. The molecule has 28 heavy (non-hydrogen) atoms. The maximum atomic E-state index is 11.9. The Bertz CT molecular complexity index is 817. The molecule has 0 heterocycles. The van der Waals surface area contributed by atoms with Gasteiger partial charge in [0.1, 0.15) is 0 Å². The van der Waals surface area contributed by atoms with Crippen LogP contribution >= 0.6 is 0 Å². The molecule has 0 aliphatic carbocycles. The zero-order valence-electron chi connectivity index (χ0n) is 17.0. The van der Waals surface area contributed by atoms with Crippen molar-refractivity contribution in [2.75, 3.05) is 33.8 Å². The summed E-state index contributed by atoms with van der Waals surface area (Å²) in [6.07, 6.45) is 0. The number of carbonyl (C=O) groups is 2. The molecule has 0 amide bonds. The van der Waals surface area contributed by atoms with E-state index in [9.17, 15) is 9.59 Å². The van der Waals surface area contributed by atoms with Gasteiger partial charge in [0.2, 0.25) is 0 Å². The maximum Gasteiger partial charge on any atom is 0.184 e.